The highest BCUT2D eigenvalue weighted by atomic mass is 35.5. The maximum atomic E-state index is 12.2. The number of halogens is 2. The van der Waals surface area contributed by atoms with Gasteiger partial charge in [-0.05, 0) is 54.1 Å². The molecule has 32 heavy (non-hydrogen) atoms. The van der Waals surface area contributed by atoms with Gasteiger partial charge >= 0.3 is 11.9 Å². The highest BCUT2D eigenvalue weighted by Gasteiger charge is 2.13. The van der Waals surface area contributed by atoms with Crippen molar-refractivity contribution in [2.24, 2.45) is 4.99 Å². The molecule has 3 aromatic rings. The number of carbonyl (C=O) groups excluding carboxylic acids is 1. The quantitative estimate of drug-likeness (QED) is 0.266. The molecule has 0 heterocycles. The Hall–Kier alpha value is -3.55. The van der Waals surface area contributed by atoms with Gasteiger partial charge in [0.1, 0.15) is 5.75 Å². The number of ether oxygens (including phenoxy) is 3. The van der Waals surface area contributed by atoms with Gasteiger partial charge in [-0.15, -0.1) is 0 Å². The number of para-hydroxylation sites is 1. The number of rotatable bonds is 8. The number of hydrogen-bond donors (Lipinski definition) is 1. The number of esters is 1. The smallest absolute Gasteiger partial charge is 0.349 e. The summed E-state index contributed by atoms with van der Waals surface area (Å²) >= 11 is 11.8. The van der Waals surface area contributed by atoms with Crippen LogP contribution in [0.1, 0.15) is 15.9 Å². The third-order valence-corrected chi connectivity index (χ3v) is 4.67. The monoisotopic (exact) mass is 473 g/mol. The van der Waals surface area contributed by atoms with Crippen molar-refractivity contribution >= 4 is 47.0 Å². The standard InChI is InChI=1S/C23H17Cl2NO6/c1-30-21-10-14(12-26-18-5-3-2-4-16(18)23(28)29)6-8-20(21)32-22(27)13-31-19-9-7-15(24)11-17(19)25/h2-12H,13H2,1H3,(H,28,29). The molecule has 1 N–H and O–H groups in total. The molecule has 0 saturated heterocycles. The van der Waals surface area contributed by atoms with Crippen LogP contribution in [-0.2, 0) is 4.79 Å². The lowest BCUT2D eigenvalue weighted by atomic mass is 10.2. The highest BCUT2D eigenvalue weighted by molar-refractivity contribution is 6.35. The van der Waals surface area contributed by atoms with Crippen LogP contribution in [0.15, 0.2) is 65.7 Å². The topological polar surface area (TPSA) is 94.4 Å². The van der Waals surface area contributed by atoms with Gasteiger partial charge < -0.3 is 19.3 Å². The van der Waals surface area contributed by atoms with Crippen LogP contribution < -0.4 is 14.2 Å². The molecule has 9 heteroatoms. The van der Waals surface area contributed by atoms with Crippen molar-refractivity contribution in [3.63, 3.8) is 0 Å². The molecule has 3 rings (SSSR count). The molecule has 0 spiro atoms. The van der Waals surface area contributed by atoms with Crippen molar-refractivity contribution in [2.75, 3.05) is 13.7 Å². The van der Waals surface area contributed by atoms with Gasteiger partial charge in [0.2, 0.25) is 0 Å². The van der Waals surface area contributed by atoms with Crippen LogP contribution >= 0.6 is 23.2 Å². The third kappa shape index (κ3) is 6.00. The highest BCUT2D eigenvalue weighted by Crippen LogP contribution is 2.29. The molecule has 0 atom stereocenters. The minimum absolute atomic E-state index is 0.0852. The largest absolute Gasteiger partial charge is 0.493 e. The van der Waals surface area contributed by atoms with Crippen LogP contribution in [0.4, 0.5) is 5.69 Å². The maximum Gasteiger partial charge on any atom is 0.349 e. The van der Waals surface area contributed by atoms with E-state index in [1.165, 1.54) is 31.5 Å². The molecule has 7 nitrogen and oxygen atoms in total. The Balaban J connectivity index is 1.68. The average molecular weight is 474 g/mol. The van der Waals surface area contributed by atoms with E-state index in [1.54, 1.807) is 42.5 Å². The molecule has 0 aliphatic heterocycles. The predicted molar refractivity (Wildman–Crippen MR) is 121 cm³/mol. The van der Waals surface area contributed by atoms with Gasteiger partial charge in [0, 0.05) is 11.2 Å². The lowest BCUT2D eigenvalue weighted by Gasteiger charge is -2.11. The molecule has 0 saturated carbocycles. The number of hydrogen-bond acceptors (Lipinski definition) is 6. The van der Waals surface area contributed by atoms with Crippen molar-refractivity contribution < 1.29 is 28.9 Å². The molecule has 0 aliphatic rings. The summed E-state index contributed by atoms with van der Waals surface area (Å²) in [5.41, 5.74) is 1.01. The summed E-state index contributed by atoms with van der Waals surface area (Å²) in [6, 6.07) is 15.8. The summed E-state index contributed by atoms with van der Waals surface area (Å²) in [7, 11) is 1.43. The van der Waals surface area contributed by atoms with Gasteiger partial charge in [0.05, 0.1) is 23.4 Å². The lowest BCUT2D eigenvalue weighted by Crippen LogP contribution is -2.18. The van der Waals surface area contributed by atoms with Crippen LogP contribution in [0.25, 0.3) is 0 Å². The number of aromatic carboxylic acids is 1. The molecular formula is C23H17Cl2NO6. The molecule has 0 unspecified atom stereocenters. The van der Waals surface area contributed by atoms with E-state index >= 15 is 0 Å². The van der Waals surface area contributed by atoms with Crippen LogP contribution in [0.5, 0.6) is 17.2 Å². The third-order valence-electron chi connectivity index (χ3n) is 4.14. The van der Waals surface area contributed by atoms with Crippen LogP contribution in [0, 0.1) is 0 Å². The summed E-state index contributed by atoms with van der Waals surface area (Å²) in [6.45, 7) is -0.375. The van der Waals surface area contributed by atoms with Gasteiger partial charge in [0.25, 0.3) is 0 Å². The number of nitrogens with zero attached hydrogens (tertiary/aromatic N) is 1. The minimum atomic E-state index is -1.07. The maximum absolute atomic E-state index is 12.2. The summed E-state index contributed by atoms with van der Waals surface area (Å²) in [4.78, 5) is 27.7. The Kier molecular flexibility index (Phi) is 7.70. The Labute approximate surface area is 193 Å². The van der Waals surface area contributed by atoms with Gasteiger partial charge in [-0.2, -0.15) is 0 Å². The first-order valence-corrected chi connectivity index (χ1v) is 9.96. The van der Waals surface area contributed by atoms with E-state index in [0.29, 0.717) is 27.8 Å². The van der Waals surface area contributed by atoms with E-state index in [2.05, 4.69) is 4.99 Å². The van der Waals surface area contributed by atoms with E-state index in [-0.39, 0.29) is 22.9 Å². The molecule has 0 aromatic heterocycles. The van der Waals surface area contributed by atoms with E-state index in [9.17, 15) is 14.7 Å². The Morgan fingerprint density at radius 1 is 1.00 bits per heavy atom. The van der Waals surface area contributed by atoms with Gasteiger partial charge in [-0.3, -0.25) is 4.99 Å². The molecular weight excluding hydrogens is 457 g/mol. The summed E-state index contributed by atoms with van der Waals surface area (Å²) in [5, 5.41) is 9.97. The fraction of sp³-hybridized carbons (Fsp3) is 0.0870. The number of methoxy groups -OCH3 is 1. The van der Waals surface area contributed by atoms with Gasteiger partial charge in [-0.25, -0.2) is 9.59 Å². The normalized spacial score (nSPS) is 10.7. The second-order valence-corrected chi connectivity index (χ2v) is 7.17. The molecule has 164 valence electrons. The van der Waals surface area contributed by atoms with Crippen molar-refractivity contribution in [1.82, 2.24) is 0 Å². The Morgan fingerprint density at radius 3 is 2.47 bits per heavy atom. The summed E-state index contributed by atoms with van der Waals surface area (Å²) in [6.07, 6.45) is 1.49. The number of carboxylic acid groups (broad SMARTS) is 1. The molecule has 0 bridgehead atoms. The van der Waals surface area contributed by atoms with Crippen molar-refractivity contribution in [2.45, 2.75) is 0 Å². The number of carbonyl (C=O) groups is 2. The zero-order chi connectivity index (χ0) is 23.1. The van der Waals surface area contributed by atoms with Gasteiger partial charge in [-0.1, -0.05) is 35.3 Å². The Morgan fingerprint density at radius 2 is 1.75 bits per heavy atom. The first-order valence-electron chi connectivity index (χ1n) is 9.20. The SMILES string of the molecule is COc1cc(C=Nc2ccccc2C(=O)O)ccc1OC(=O)COc1ccc(Cl)cc1Cl. The fourth-order valence-electron chi connectivity index (χ4n) is 2.64. The Bertz CT molecular complexity index is 1180. The van der Waals surface area contributed by atoms with Crippen LogP contribution in [0.3, 0.4) is 0 Å². The summed E-state index contributed by atoms with van der Waals surface area (Å²) in [5.74, 6) is -0.955. The second kappa shape index (κ2) is 10.7. The van der Waals surface area contributed by atoms with E-state index in [1.807, 2.05) is 0 Å². The molecule has 0 fully saturated rings. The van der Waals surface area contributed by atoms with E-state index < -0.39 is 11.9 Å². The number of carboxylic acids is 1. The molecule has 0 aliphatic carbocycles. The molecule has 3 aromatic carbocycles. The van der Waals surface area contributed by atoms with Crippen molar-refractivity contribution in [3.05, 3.63) is 81.8 Å². The zero-order valence-electron chi connectivity index (χ0n) is 16.7. The van der Waals surface area contributed by atoms with Crippen LogP contribution in [-0.4, -0.2) is 37.0 Å². The molecule has 0 amide bonds. The first kappa shape index (κ1) is 23.1. The first-order chi connectivity index (χ1) is 15.4. The number of aliphatic imine (C=N–C) groups is 1. The summed E-state index contributed by atoms with van der Waals surface area (Å²) < 4.78 is 16.0. The zero-order valence-corrected chi connectivity index (χ0v) is 18.3. The second-order valence-electron chi connectivity index (χ2n) is 6.33. The predicted octanol–water partition coefficient (Wildman–Crippen LogP) is 5.44. The van der Waals surface area contributed by atoms with E-state index in [0.717, 1.165) is 0 Å². The fourth-order valence-corrected chi connectivity index (χ4v) is 3.10. The van der Waals surface area contributed by atoms with Crippen LogP contribution in [0.2, 0.25) is 10.0 Å². The minimum Gasteiger partial charge on any atom is -0.493 e. The van der Waals surface area contributed by atoms with Gasteiger partial charge in [0.15, 0.2) is 18.1 Å². The van der Waals surface area contributed by atoms with E-state index in [4.69, 9.17) is 37.4 Å². The van der Waals surface area contributed by atoms with Crippen molar-refractivity contribution in [3.8, 4) is 17.2 Å². The van der Waals surface area contributed by atoms with Crippen molar-refractivity contribution in [1.29, 1.82) is 0 Å². The lowest BCUT2D eigenvalue weighted by molar-refractivity contribution is -0.136. The number of benzene rings is 3. The average Bonchev–Trinajstić information content (AvgIpc) is 2.78. The molecule has 0 radical (unpaired) electrons.